The van der Waals surface area contributed by atoms with Crippen LogP contribution in [0.4, 0.5) is 9.59 Å². The van der Waals surface area contributed by atoms with E-state index in [0.29, 0.717) is 68.7 Å². The van der Waals surface area contributed by atoms with Crippen LogP contribution in [-0.4, -0.2) is 113 Å². The van der Waals surface area contributed by atoms with Gasteiger partial charge in [0.1, 0.15) is 23.9 Å². The van der Waals surface area contributed by atoms with Crippen molar-refractivity contribution in [1.82, 2.24) is 40.6 Å². The summed E-state index contributed by atoms with van der Waals surface area (Å²) < 4.78 is 10.2. The van der Waals surface area contributed by atoms with Gasteiger partial charge in [-0.2, -0.15) is 0 Å². The number of amides is 6. The molecule has 15 nitrogen and oxygen atoms in total. The first-order valence-electron chi connectivity index (χ1n) is 21.9. The summed E-state index contributed by atoms with van der Waals surface area (Å²) in [5.74, 6) is 0.446. The van der Waals surface area contributed by atoms with Crippen LogP contribution >= 0.6 is 0 Å². The molecule has 4 N–H and O–H groups in total. The number of carbonyl (C=O) groups is 5. The summed E-state index contributed by atoms with van der Waals surface area (Å²) in [6.45, 7) is 2.84. The number of methoxy groups -OCH3 is 1. The number of rotatable bonds is 11. The van der Waals surface area contributed by atoms with Crippen molar-refractivity contribution >= 4 is 29.8 Å². The van der Waals surface area contributed by atoms with Crippen molar-refractivity contribution in [2.45, 2.75) is 87.5 Å². The molecule has 0 bridgehead atoms. The average molecular weight is 845 g/mol. The largest absolute Gasteiger partial charge is 0.453 e. The van der Waals surface area contributed by atoms with Gasteiger partial charge < -0.3 is 45.1 Å². The minimum Gasteiger partial charge on any atom is -0.453 e. The summed E-state index contributed by atoms with van der Waals surface area (Å²) >= 11 is 0. The Morgan fingerprint density at radius 3 is 2.00 bits per heavy atom. The molecule has 62 heavy (non-hydrogen) atoms. The highest BCUT2D eigenvalue weighted by Crippen LogP contribution is 2.36. The lowest BCUT2D eigenvalue weighted by Gasteiger charge is -2.33. The second-order valence-corrected chi connectivity index (χ2v) is 16.6. The minimum atomic E-state index is -0.901. The van der Waals surface area contributed by atoms with E-state index in [1.807, 2.05) is 66.9 Å². The number of hydrogen-bond donors (Lipinski definition) is 4. The third kappa shape index (κ3) is 9.62. The zero-order valence-electron chi connectivity index (χ0n) is 35.2. The number of aromatic amines is 1. The number of H-pyrrole nitrogens is 1. The number of benzene rings is 3. The maximum atomic E-state index is 14.1. The molecule has 1 saturated carbocycles. The van der Waals surface area contributed by atoms with E-state index in [-0.39, 0.29) is 35.8 Å². The molecule has 3 aromatic carbocycles. The van der Waals surface area contributed by atoms with Gasteiger partial charge in [-0.25, -0.2) is 14.6 Å². The molecule has 3 saturated heterocycles. The lowest BCUT2D eigenvalue weighted by atomic mass is 9.81. The summed E-state index contributed by atoms with van der Waals surface area (Å²) in [7, 11) is 1.28. The molecule has 3 aliphatic heterocycles. The Bertz CT molecular complexity index is 2170. The molecule has 1 aromatic heterocycles. The average Bonchev–Trinajstić information content (AvgIpc) is 4.13. The third-order valence-corrected chi connectivity index (χ3v) is 12.8. The zero-order valence-corrected chi connectivity index (χ0v) is 35.2. The quantitative estimate of drug-likeness (QED) is 0.147. The number of nitrogens with zero attached hydrogens (tertiary/aromatic N) is 4. The van der Waals surface area contributed by atoms with Crippen LogP contribution in [-0.2, 0) is 23.9 Å². The maximum absolute atomic E-state index is 14.1. The number of ether oxygens (including phenoxy) is 2. The third-order valence-electron chi connectivity index (χ3n) is 12.8. The Kier molecular flexibility index (Phi) is 13.5. The number of alkyl carbamates (subject to hydrolysis) is 1. The number of hydrogen-bond acceptors (Lipinski definition) is 8. The molecule has 0 radical (unpaired) electrons. The molecule has 4 atom stereocenters. The lowest BCUT2D eigenvalue weighted by molar-refractivity contribution is -0.140. The number of morpholine rings is 1. The second-order valence-electron chi connectivity index (χ2n) is 16.6. The highest BCUT2D eigenvalue weighted by Gasteiger charge is 2.40. The SMILES string of the molecule is COC(=O)N[C@@H](C(=O)N1CCC[C@H]1c1ncc(-c2ccc([C@H]3CC[C@@H](NC(=O)[C@@H]4CCCN4C(=O)[C@H](NC(=O)N4CCOCC4)c4ccccc4)CC3)cc2)[nH]1)c1ccccc1. The van der Waals surface area contributed by atoms with Crippen molar-refractivity contribution < 1.29 is 33.4 Å². The van der Waals surface area contributed by atoms with Gasteiger partial charge in [0.15, 0.2) is 0 Å². The summed E-state index contributed by atoms with van der Waals surface area (Å²) in [6, 6.07) is 24.0. The van der Waals surface area contributed by atoms with E-state index in [2.05, 4.69) is 45.2 Å². The van der Waals surface area contributed by atoms with E-state index in [4.69, 9.17) is 14.5 Å². The van der Waals surface area contributed by atoms with Gasteiger partial charge in [-0.1, -0.05) is 84.9 Å². The summed E-state index contributed by atoms with van der Waals surface area (Å²) in [5.41, 5.74) is 4.45. The van der Waals surface area contributed by atoms with Gasteiger partial charge >= 0.3 is 12.1 Å². The number of likely N-dealkylation sites (tertiary alicyclic amines) is 2. The van der Waals surface area contributed by atoms with Gasteiger partial charge in [-0.3, -0.25) is 14.4 Å². The fraction of sp³-hybridized carbons (Fsp3) is 0.447. The smallest absolute Gasteiger partial charge is 0.407 e. The van der Waals surface area contributed by atoms with Crippen LogP contribution in [0.1, 0.15) is 97.9 Å². The fourth-order valence-electron chi connectivity index (χ4n) is 9.43. The van der Waals surface area contributed by atoms with Gasteiger partial charge in [-0.05, 0) is 79.5 Å². The van der Waals surface area contributed by atoms with Crippen LogP contribution in [0.15, 0.2) is 91.1 Å². The number of carbonyl (C=O) groups excluding carboxylic acids is 5. The molecule has 0 spiro atoms. The molecule has 4 aliphatic rings. The standard InChI is InChI=1S/C47H56N8O7/c1-61-47(60)52-41(35-12-6-3-7-13-35)45(58)54-24-8-14-38(54)42-48-30-37(50-42)33-18-16-31(17-19-33)32-20-22-36(23-21-32)49-43(56)39-15-9-25-55(39)44(57)40(34-10-4-2-5-11-34)51-46(59)53-26-28-62-29-27-53/h2-7,10-13,16-19,30,32,36,38-41H,8-9,14-15,20-29H2,1H3,(H,48,50)(H,49,56)(H,51,59)(H,52,60)/t32-,36+,38-,39-,40+,41+/m0/s1. The van der Waals surface area contributed by atoms with Crippen LogP contribution in [0.5, 0.6) is 0 Å². The van der Waals surface area contributed by atoms with E-state index in [9.17, 15) is 24.0 Å². The van der Waals surface area contributed by atoms with E-state index >= 15 is 0 Å². The maximum Gasteiger partial charge on any atom is 0.407 e. The first-order valence-corrected chi connectivity index (χ1v) is 21.9. The Balaban J connectivity index is 0.851. The first-order chi connectivity index (χ1) is 30.3. The topological polar surface area (TPSA) is 178 Å². The lowest BCUT2D eigenvalue weighted by Crippen LogP contribution is -2.54. The zero-order chi connectivity index (χ0) is 43.0. The van der Waals surface area contributed by atoms with Crippen molar-refractivity contribution in [3.05, 3.63) is 114 Å². The van der Waals surface area contributed by atoms with Gasteiger partial charge in [0.25, 0.3) is 11.8 Å². The number of urea groups is 1. The molecule has 1 aliphatic carbocycles. The Hall–Kier alpha value is -6.22. The van der Waals surface area contributed by atoms with Gasteiger partial charge in [0.2, 0.25) is 5.91 Å². The van der Waals surface area contributed by atoms with Crippen molar-refractivity contribution in [3.63, 3.8) is 0 Å². The predicted molar refractivity (Wildman–Crippen MR) is 230 cm³/mol. The molecule has 0 unspecified atom stereocenters. The monoisotopic (exact) mass is 844 g/mol. The highest BCUT2D eigenvalue weighted by atomic mass is 16.5. The van der Waals surface area contributed by atoms with E-state index in [1.165, 1.54) is 12.7 Å². The van der Waals surface area contributed by atoms with Crippen LogP contribution in [0.25, 0.3) is 11.3 Å². The molecular weight excluding hydrogens is 789 g/mol. The molecule has 15 heteroatoms. The Morgan fingerprint density at radius 1 is 0.726 bits per heavy atom. The van der Waals surface area contributed by atoms with Crippen molar-refractivity contribution in [3.8, 4) is 11.3 Å². The van der Waals surface area contributed by atoms with E-state index in [0.717, 1.165) is 56.2 Å². The predicted octanol–water partition coefficient (Wildman–Crippen LogP) is 5.75. The normalized spacial score (nSPS) is 22.4. The molecule has 4 heterocycles. The first kappa shape index (κ1) is 42.5. The molecule has 8 rings (SSSR count). The van der Waals surface area contributed by atoms with E-state index in [1.54, 1.807) is 14.7 Å². The fourth-order valence-corrected chi connectivity index (χ4v) is 9.43. The van der Waals surface area contributed by atoms with Crippen LogP contribution in [0.3, 0.4) is 0 Å². The van der Waals surface area contributed by atoms with Gasteiger partial charge in [-0.15, -0.1) is 0 Å². The van der Waals surface area contributed by atoms with Crippen LogP contribution < -0.4 is 16.0 Å². The Labute approximate surface area is 361 Å². The molecule has 6 amide bonds. The van der Waals surface area contributed by atoms with Crippen LogP contribution in [0.2, 0.25) is 0 Å². The van der Waals surface area contributed by atoms with Crippen molar-refractivity contribution in [2.75, 3.05) is 46.5 Å². The summed E-state index contributed by atoms with van der Waals surface area (Å²) in [4.78, 5) is 80.6. The van der Waals surface area contributed by atoms with Crippen LogP contribution in [0, 0.1) is 0 Å². The van der Waals surface area contributed by atoms with E-state index < -0.39 is 24.2 Å². The number of aromatic nitrogens is 2. The molecule has 4 fully saturated rings. The summed E-state index contributed by atoms with van der Waals surface area (Å²) in [6.07, 6.45) is 7.53. The minimum absolute atomic E-state index is 0.0196. The summed E-state index contributed by atoms with van der Waals surface area (Å²) in [5, 5.41) is 8.96. The molecular formula is C47H56N8O7. The molecule has 326 valence electrons. The van der Waals surface area contributed by atoms with Crippen molar-refractivity contribution in [1.29, 1.82) is 0 Å². The van der Waals surface area contributed by atoms with Crippen molar-refractivity contribution in [2.24, 2.45) is 0 Å². The second kappa shape index (κ2) is 19.7. The van der Waals surface area contributed by atoms with Gasteiger partial charge in [0.05, 0.1) is 38.3 Å². The number of nitrogens with one attached hydrogen (secondary N) is 4. The number of imidazole rings is 1. The molecule has 4 aromatic rings. The van der Waals surface area contributed by atoms with Gasteiger partial charge in [0, 0.05) is 32.2 Å². The Morgan fingerprint density at radius 2 is 1.34 bits per heavy atom. The highest BCUT2D eigenvalue weighted by molar-refractivity contribution is 5.93.